The van der Waals surface area contributed by atoms with E-state index in [1.165, 1.54) is 6.20 Å². The molecular weight excluding hydrogens is 465 g/mol. The van der Waals surface area contributed by atoms with E-state index in [2.05, 4.69) is 20.8 Å². The number of nitrogens with one attached hydrogen (secondary N) is 2. The fourth-order valence-electron chi connectivity index (χ4n) is 4.93. The molecule has 34 heavy (non-hydrogen) atoms. The van der Waals surface area contributed by atoms with Crippen molar-refractivity contribution < 1.29 is 17.6 Å². The van der Waals surface area contributed by atoms with Gasteiger partial charge in [0.2, 0.25) is 15.9 Å². The number of alkyl halides is 1. The minimum Gasteiger partial charge on any atom is -0.324 e. The number of carbonyl (C=O) groups excluding carboxylic acids is 1. The van der Waals surface area contributed by atoms with Gasteiger partial charge in [0, 0.05) is 32.4 Å². The van der Waals surface area contributed by atoms with Gasteiger partial charge < -0.3 is 11.1 Å². The smallest absolute Gasteiger partial charge is 0.234 e. The molecule has 0 radical (unpaired) electrons. The molecule has 4 atom stereocenters. The Morgan fingerprint density at radius 3 is 2.65 bits per heavy atom. The zero-order valence-electron chi connectivity index (χ0n) is 19.1. The van der Waals surface area contributed by atoms with Crippen LogP contribution in [0.25, 0.3) is 0 Å². The van der Waals surface area contributed by atoms with Gasteiger partial charge in [-0.3, -0.25) is 20.0 Å². The van der Waals surface area contributed by atoms with Crippen molar-refractivity contribution >= 4 is 21.6 Å². The van der Waals surface area contributed by atoms with Gasteiger partial charge in [-0.2, -0.15) is 0 Å². The molecule has 4 unspecified atom stereocenters. The Kier molecular flexibility index (Phi) is 7.57. The molecule has 188 valence electrons. The predicted octanol–water partition coefficient (Wildman–Crippen LogP) is 0.558. The summed E-state index contributed by atoms with van der Waals surface area (Å²) in [7, 11) is -1.56. The van der Waals surface area contributed by atoms with Crippen molar-refractivity contribution in [3.63, 3.8) is 0 Å². The number of hydrogen-bond donors (Lipinski definition) is 3. The first-order chi connectivity index (χ1) is 16.2. The third kappa shape index (κ3) is 5.28. The van der Waals surface area contributed by atoms with Crippen molar-refractivity contribution in [2.75, 3.05) is 38.5 Å². The van der Waals surface area contributed by atoms with Crippen LogP contribution in [0, 0.1) is 10.8 Å². The van der Waals surface area contributed by atoms with Gasteiger partial charge in [-0.05, 0) is 50.3 Å². The second-order valence-electron chi connectivity index (χ2n) is 9.38. The second kappa shape index (κ2) is 10.3. The fraction of sp³-hybridized carbons (Fsp3) is 0.714. The normalized spacial score (nSPS) is 27.1. The molecule has 1 saturated carbocycles. The largest absolute Gasteiger partial charge is 0.324 e. The molecule has 1 aromatic heterocycles. The van der Waals surface area contributed by atoms with Crippen LogP contribution in [0.2, 0.25) is 0 Å². The molecule has 0 spiro atoms. The van der Waals surface area contributed by atoms with E-state index in [-0.39, 0.29) is 24.3 Å². The Labute approximate surface area is 198 Å². The fourth-order valence-corrected chi connectivity index (χ4v) is 6.80. The van der Waals surface area contributed by atoms with E-state index < -0.39 is 40.4 Å². The second-order valence-corrected chi connectivity index (χ2v) is 11.6. The lowest BCUT2D eigenvalue weighted by Crippen LogP contribution is -2.62. The van der Waals surface area contributed by atoms with Gasteiger partial charge in [-0.25, -0.2) is 17.1 Å². The first-order valence-corrected chi connectivity index (χ1v) is 13.1. The molecule has 3 fully saturated rings. The lowest BCUT2D eigenvalue weighted by Gasteiger charge is -2.40. The van der Waals surface area contributed by atoms with Gasteiger partial charge in [0.1, 0.15) is 12.1 Å². The van der Waals surface area contributed by atoms with E-state index >= 15 is 0 Å². The zero-order chi connectivity index (χ0) is 24.5. The Balaban J connectivity index is 1.47. The minimum absolute atomic E-state index is 0.0445. The first-order valence-electron chi connectivity index (χ1n) is 11.6. The van der Waals surface area contributed by atoms with Crippen LogP contribution in [-0.2, 0) is 14.8 Å². The number of amides is 1. The number of nitroso groups, excluding NO2 is 1. The molecule has 13 heteroatoms. The van der Waals surface area contributed by atoms with E-state index in [9.17, 15) is 22.5 Å². The van der Waals surface area contributed by atoms with Crippen LogP contribution in [0.5, 0.6) is 0 Å². The maximum absolute atomic E-state index is 13.7. The number of sulfonamides is 1. The summed E-state index contributed by atoms with van der Waals surface area (Å²) in [6, 6.07) is 1.82. The molecule has 2 saturated heterocycles. The SMILES string of the molecule is CN1CC(F)CNC1C(C(=O)Nc1cnccc1C1CCN(S(=O)(=O)C2CC2)CC1)C(N)N=O. The van der Waals surface area contributed by atoms with Gasteiger partial charge in [0.25, 0.3) is 0 Å². The van der Waals surface area contributed by atoms with E-state index in [0.29, 0.717) is 31.6 Å². The molecule has 4 rings (SSSR count). The van der Waals surface area contributed by atoms with Gasteiger partial charge in [0.15, 0.2) is 6.17 Å². The molecule has 0 aromatic carbocycles. The third-order valence-electron chi connectivity index (χ3n) is 6.95. The lowest BCUT2D eigenvalue weighted by molar-refractivity contribution is -0.124. The highest BCUT2D eigenvalue weighted by Crippen LogP contribution is 2.37. The van der Waals surface area contributed by atoms with Crippen molar-refractivity contribution in [2.45, 2.75) is 55.4 Å². The summed E-state index contributed by atoms with van der Waals surface area (Å²) in [5.74, 6) is -1.52. The number of rotatable bonds is 8. The van der Waals surface area contributed by atoms with Crippen molar-refractivity contribution in [3.05, 3.63) is 28.9 Å². The molecule has 3 heterocycles. The Hall–Kier alpha value is -2.06. The monoisotopic (exact) mass is 497 g/mol. The molecule has 4 N–H and O–H groups in total. The molecule has 11 nitrogen and oxygen atoms in total. The maximum Gasteiger partial charge on any atom is 0.234 e. The molecule has 1 amide bonds. The highest BCUT2D eigenvalue weighted by molar-refractivity contribution is 7.90. The quantitative estimate of drug-likeness (QED) is 0.441. The standard InChI is InChI=1S/C21H32FN7O4S/c1-28-12-14(22)10-25-20(28)18(19(23)27-31)21(30)26-17-11-24-7-4-16(17)13-5-8-29(9-6-13)34(32,33)15-2-3-15/h4,7,11,13-15,18-20,25H,2-3,5-6,8-10,12,23H2,1H3,(H,26,30). The molecule has 1 aromatic rings. The number of aromatic nitrogens is 1. The predicted molar refractivity (Wildman–Crippen MR) is 125 cm³/mol. The van der Waals surface area contributed by atoms with Crippen LogP contribution in [-0.4, -0.2) is 85.5 Å². The van der Waals surface area contributed by atoms with Gasteiger partial charge >= 0.3 is 0 Å². The number of pyridine rings is 1. The average molecular weight is 498 g/mol. The summed E-state index contributed by atoms with van der Waals surface area (Å²) < 4.78 is 40.4. The van der Waals surface area contributed by atoms with Crippen LogP contribution >= 0.6 is 0 Å². The summed E-state index contributed by atoms with van der Waals surface area (Å²) in [5, 5.41) is 8.44. The summed E-state index contributed by atoms with van der Waals surface area (Å²) >= 11 is 0. The van der Waals surface area contributed by atoms with Crippen molar-refractivity contribution in [1.29, 1.82) is 0 Å². The van der Waals surface area contributed by atoms with Crippen LogP contribution in [0.4, 0.5) is 10.1 Å². The van der Waals surface area contributed by atoms with Crippen LogP contribution < -0.4 is 16.4 Å². The summed E-state index contributed by atoms with van der Waals surface area (Å²) in [5.41, 5.74) is 7.23. The van der Waals surface area contributed by atoms with Crippen LogP contribution in [0.3, 0.4) is 0 Å². The van der Waals surface area contributed by atoms with Crippen LogP contribution in [0.15, 0.2) is 23.6 Å². The number of hydrogen-bond acceptors (Lipinski definition) is 9. The van der Waals surface area contributed by atoms with Gasteiger partial charge in [0.05, 0.1) is 23.3 Å². The van der Waals surface area contributed by atoms with E-state index in [4.69, 9.17) is 5.73 Å². The Morgan fingerprint density at radius 2 is 2.03 bits per heavy atom. The topological polar surface area (TPSA) is 150 Å². The molecule has 0 bridgehead atoms. The van der Waals surface area contributed by atoms with Crippen molar-refractivity contribution in [2.24, 2.45) is 16.8 Å². The van der Waals surface area contributed by atoms with Gasteiger partial charge in [-0.1, -0.05) is 5.18 Å². The third-order valence-corrected chi connectivity index (χ3v) is 9.35. The summed E-state index contributed by atoms with van der Waals surface area (Å²) in [4.78, 5) is 30.3. The van der Waals surface area contributed by atoms with Crippen LogP contribution in [0.1, 0.15) is 37.2 Å². The van der Waals surface area contributed by atoms with Gasteiger partial charge in [-0.15, -0.1) is 4.91 Å². The lowest BCUT2D eigenvalue weighted by atomic mass is 9.89. The molecule has 2 aliphatic heterocycles. The van der Waals surface area contributed by atoms with E-state index in [0.717, 1.165) is 18.4 Å². The molecule has 1 aliphatic carbocycles. The summed E-state index contributed by atoms with van der Waals surface area (Å²) in [6.45, 7) is 1.02. The van der Waals surface area contributed by atoms with Crippen molar-refractivity contribution in [1.82, 2.24) is 19.5 Å². The number of halogens is 1. The van der Waals surface area contributed by atoms with Crippen molar-refractivity contribution in [3.8, 4) is 0 Å². The zero-order valence-corrected chi connectivity index (χ0v) is 20.0. The first kappa shape index (κ1) is 25.0. The number of piperidine rings is 1. The minimum atomic E-state index is -3.21. The number of anilines is 1. The highest BCUT2D eigenvalue weighted by Gasteiger charge is 2.42. The maximum atomic E-state index is 13.7. The summed E-state index contributed by atoms with van der Waals surface area (Å²) in [6.07, 6.45) is 2.81. The van der Waals surface area contributed by atoms with E-state index in [1.807, 2.05) is 6.07 Å². The average Bonchev–Trinajstić information content (AvgIpc) is 3.67. The molecular formula is C21H32FN7O4S. The number of nitrogens with zero attached hydrogens (tertiary/aromatic N) is 4. The van der Waals surface area contributed by atoms with E-state index in [1.54, 1.807) is 22.4 Å². The highest BCUT2D eigenvalue weighted by atomic mass is 32.2. The number of carbonyl (C=O) groups is 1. The molecule has 3 aliphatic rings. The Bertz CT molecular complexity index is 1000. The Morgan fingerprint density at radius 1 is 1.32 bits per heavy atom. The number of nitrogens with two attached hydrogens (primary N) is 1.